The van der Waals surface area contributed by atoms with Gasteiger partial charge in [-0.15, -0.1) is 0 Å². The number of carbonyl (C=O) groups is 2. The van der Waals surface area contributed by atoms with Crippen LogP contribution >= 0.6 is 23.4 Å². The summed E-state index contributed by atoms with van der Waals surface area (Å²) in [5.41, 5.74) is 1.59. The smallest absolute Gasteiger partial charge is 0.262 e. The lowest BCUT2D eigenvalue weighted by molar-refractivity contribution is -0.113. The average molecular weight is 458 g/mol. The minimum absolute atomic E-state index is 0.0306. The zero-order valence-electron chi connectivity index (χ0n) is 17.5. The molecular weight excluding hydrogens is 434 g/mol. The number of unbranched alkanes of at least 4 members (excludes halogenated alkanes) is 2. The number of hydrogen-bond acceptors (Lipinski definition) is 5. The summed E-state index contributed by atoms with van der Waals surface area (Å²) in [5, 5.41) is 4.32. The van der Waals surface area contributed by atoms with Gasteiger partial charge in [0.1, 0.15) is 0 Å². The summed E-state index contributed by atoms with van der Waals surface area (Å²) < 4.78 is 1.64. The summed E-state index contributed by atoms with van der Waals surface area (Å²) in [7, 11) is 0. The number of benzene rings is 2. The molecule has 1 heterocycles. The third-order valence-corrected chi connectivity index (χ3v) is 5.99. The molecule has 8 heteroatoms. The first kappa shape index (κ1) is 23.0. The van der Waals surface area contributed by atoms with E-state index in [2.05, 4.69) is 17.2 Å². The lowest BCUT2D eigenvalue weighted by Gasteiger charge is -2.13. The van der Waals surface area contributed by atoms with Crippen LogP contribution in [0.25, 0.3) is 10.9 Å². The maximum absolute atomic E-state index is 13.0. The van der Waals surface area contributed by atoms with E-state index in [9.17, 15) is 14.4 Å². The van der Waals surface area contributed by atoms with Crippen molar-refractivity contribution >= 4 is 51.6 Å². The van der Waals surface area contributed by atoms with Crippen LogP contribution in [-0.4, -0.2) is 27.0 Å². The summed E-state index contributed by atoms with van der Waals surface area (Å²) in [6.07, 6.45) is 2.91. The van der Waals surface area contributed by atoms with Gasteiger partial charge in [-0.2, -0.15) is 0 Å². The average Bonchev–Trinajstić information content (AvgIpc) is 2.74. The number of hydrogen-bond donors (Lipinski definition) is 1. The van der Waals surface area contributed by atoms with Gasteiger partial charge in [0.2, 0.25) is 5.91 Å². The van der Waals surface area contributed by atoms with Crippen LogP contribution in [0, 0.1) is 0 Å². The van der Waals surface area contributed by atoms with E-state index >= 15 is 0 Å². The standard InChI is InChI=1S/C23H24ClN3O3S/c1-3-4-5-12-27-22(30)19-11-8-17(24)13-20(19)26-23(27)31-14-21(29)25-18-9-6-16(7-10-18)15(2)28/h6-11,13H,3-5,12,14H2,1-2H3,(H,25,29). The van der Waals surface area contributed by atoms with E-state index in [0.717, 1.165) is 19.3 Å². The molecule has 3 rings (SSSR count). The highest BCUT2D eigenvalue weighted by Gasteiger charge is 2.14. The van der Waals surface area contributed by atoms with Crippen molar-refractivity contribution in [3.8, 4) is 0 Å². The predicted octanol–water partition coefficient (Wildman–Crippen LogP) is 5.17. The first-order valence-electron chi connectivity index (χ1n) is 10.1. The van der Waals surface area contributed by atoms with Gasteiger partial charge in [0.15, 0.2) is 10.9 Å². The van der Waals surface area contributed by atoms with Crippen molar-refractivity contribution in [1.29, 1.82) is 0 Å². The van der Waals surface area contributed by atoms with Crippen LogP contribution in [-0.2, 0) is 11.3 Å². The van der Waals surface area contributed by atoms with Gasteiger partial charge in [-0.1, -0.05) is 43.1 Å². The summed E-state index contributed by atoms with van der Waals surface area (Å²) in [6, 6.07) is 11.8. The Morgan fingerprint density at radius 1 is 1.13 bits per heavy atom. The number of fused-ring (bicyclic) bond motifs is 1. The zero-order valence-corrected chi connectivity index (χ0v) is 19.1. The van der Waals surface area contributed by atoms with Crippen LogP contribution in [0.15, 0.2) is 52.4 Å². The number of halogens is 1. The van der Waals surface area contributed by atoms with E-state index in [-0.39, 0.29) is 23.0 Å². The quantitative estimate of drug-likeness (QED) is 0.207. The Morgan fingerprint density at radius 3 is 2.55 bits per heavy atom. The number of carbonyl (C=O) groups excluding carboxylic acids is 2. The molecule has 162 valence electrons. The van der Waals surface area contributed by atoms with Crippen molar-refractivity contribution in [1.82, 2.24) is 9.55 Å². The molecule has 0 saturated carbocycles. The summed E-state index contributed by atoms with van der Waals surface area (Å²) in [6.45, 7) is 4.15. The molecule has 0 radical (unpaired) electrons. The molecule has 31 heavy (non-hydrogen) atoms. The van der Waals surface area contributed by atoms with Gasteiger partial charge in [0, 0.05) is 22.8 Å². The predicted molar refractivity (Wildman–Crippen MR) is 126 cm³/mol. The molecule has 0 spiro atoms. The van der Waals surface area contributed by atoms with E-state index in [1.54, 1.807) is 47.0 Å². The topological polar surface area (TPSA) is 81.1 Å². The van der Waals surface area contributed by atoms with Crippen molar-refractivity contribution < 1.29 is 9.59 Å². The number of nitrogens with zero attached hydrogens (tertiary/aromatic N) is 2. The molecule has 0 unspecified atom stereocenters. The van der Waals surface area contributed by atoms with Crippen LogP contribution in [0.1, 0.15) is 43.5 Å². The van der Waals surface area contributed by atoms with Crippen molar-refractivity contribution in [2.45, 2.75) is 44.8 Å². The number of Topliss-reactive ketones (excluding diaryl/α,β-unsaturated/α-hetero) is 1. The molecule has 0 bridgehead atoms. The fourth-order valence-corrected chi connectivity index (χ4v) is 4.11. The second-order valence-corrected chi connectivity index (χ2v) is 8.57. The Bertz CT molecular complexity index is 1160. The van der Waals surface area contributed by atoms with Gasteiger partial charge >= 0.3 is 0 Å². The van der Waals surface area contributed by atoms with Crippen LogP contribution in [0.3, 0.4) is 0 Å². The van der Waals surface area contributed by atoms with Crippen molar-refractivity contribution in [3.05, 3.63) is 63.4 Å². The van der Waals surface area contributed by atoms with Crippen LogP contribution in [0.2, 0.25) is 5.02 Å². The lowest BCUT2D eigenvalue weighted by atomic mass is 10.1. The van der Waals surface area contributed by atoms with Gasteiger partial charge < -0.3 is 5.32 Å². The van der Waals surface area contributed by atoms with E-state index in [0.29, 0.717) is 38.9 Å². The monoisotopic (exact) mass is 457 g/mol. The largest absolute Gasteiger partial charge is 0.325 e. The SMILES string of the molecule is CCCCCn1c(SCC(=O)Nc2ccc(C(C)=O)cc2)nc2cc(Cl)ccc2c1=O. The second-order valence-electron chi connectivity index (χ2n) is 7.19. The molecular formula is C23H24ClN3O3S. The molecule has 0 aliphatic carbocycles. The number of nitrogens with one attached hydrogen (secondary N) is 1. The third-order valence-electron chi connectivity index (χ3n) is 4.78. The van der Waals surface area contributed by atoms with Gasteiger partial charge in [0.05, 0.1) is 16.7 Å². The normalized spacial score (nSPS) is 10.9. The fraction of sp³-hybridized carbons (Fsp3) is 0.304. The number of rotatable bonds is 9. The highest BCUT2D eigenvalue weighted by molar-refractivity contribution is 7.99. The Balaban J connectivity index is 1.78. The Hall–Kier alpha value is -2.64. The molecule has 0 aliphatic rings. The first-order chi connectivity index (χ1) is 14.9. The van der Waals surface area contributed by atoms with Crippen molar-refractivity contribution in [2.24, 2.45) is 0 Å². The molecule has 0 aliphatic heterocycles. The molecule has 1 N–H and O–H groups in total. The minimum Gasteiger partial charge on any atom is -0.325 e. The molecule has 0 fully saturated rings. The van der Waals surface area contributed by atoms with Crippen molar-refractivity contribution in [2.75, 3.05) is 11.1 Å². The molecule has 0 atom stereocenters. The summed E-state index contributed by atoms with van der Waals surface area (Å²) in [5.74, 6) is -0.154. The number of thioether (sulfide) groups is 1. The minimum atomic E-state index is -0.221. The number of amides is 1. The van der Waals surface area contributed by atoms with Gasteiger partial charge in [-0.25, -0.2) is 4.98 Å². The molecule has 1 aromatic heterocycles. The maximum atomic E-state index is 13.0. The second kappa shape index (κ2) is 10.6. The van der Waals surface area contributed by atoms with Crippen LogP contribution < -0.4 is 10.9 Å². The summed E-state index contributed by atoms with van der Waals surface area (Å²) in [4.78, 5) is 41.4. The third kappa shape index (κ3) is 5.95. The van der Waals surface area contributed by atoms with E-state index in [1.165, 1.54) is 18.7 Å². The Morgan fingerprint density at radius 2 is 1.87 bits per heavy atom. The molecule has 2 aromatic carbocycles. The maximum Gasteiger partial charge on any atom is 0.262 e. The zero-order chi connectivity index (χ0) is 22.4. The van der Waals surface area contributed by atoms with Gasteiger partial charge in [-0.05, 0) is 55.8 Å². The van der Waals surface area contributed by atoms with Crippen molar-refractivity contribution in [3.63, 3.8) is 0 Å². The van der Waals surface area contributed by atoms with Crippen LogP contribution in [0.5, 0.6) is 0 Å². The number of aromatic nitrogens is 2. The first-order valence-corrected chi connectivity index (χ1v) is 11.5. The van der Waals surface area contributed by atoms with E-state index < -0.39 is 0 Å². The highest BCUT2D eigenvalue weighted by Crippen LogP contribution is 2.21. The molecule has 0 saturated heterocycles. The number of ketones is 1. The van der Waals surface area contributed by atoms with Crippen LogP contribution in [0.4, 0.5) is 5.69 Å². The van der Waals surface area contributed by atoms with E-state index in [4.69, 9.17) is 11.6 Å². The van der Waals surface area contributed by atoms with E-state index in [1.807, 2.05) is 0 Å². The molecule has 1 amide bonds. The molecule has 6 nitrogen and oxygen atoms in total. The lowest BCUT2D eigenvalue weighted by Crippen LogP contribution is -2.24. The molecule has 3 aromatic rings. The summed E-state index contributed by atoms with van der Waals surface area (Å²) >= 11 is 7.29. The van der Waals surface area contributed by atoms with Gasteiger partial charge in [0.25, 0.3) is 5.56 Å². The number of anilines is 1. The van der Waals surface area contributed by atoms with Gasteiger partial charge in [-0.3, -0.25) is 19.0 Å². The fourth-order valence-electron chi connectivity index (χ4n) is 3.12. The Labute approximate surface area is 190 Å². The Kier molecular flexibility index (Phi) is 7.87. The highest BCUT2D eigenvalue weighted by atomic mass is 35.5.